The van der Waals surface area contributed by atoms with Gasteiger partial charge in [-0.1, -0.05) is 0 Å². The number of primary amides is 1. The monoisotopic (exact) mass is 201 g/mol. The topological polar surface area (TPSA) is 84.7 Å². The number of carbonyl (C=O) groups is 2. The molecule has 14 heavy (non-hydrogen) atoms. The number of hydroxylamine groups is 1. The first kappa shape index (κ1) is 10.8. The fraction of sp³-hybridized carbons (Fsp3) is 0.750. The van der Waals surface area contributed by atoms with E-state index >= 15 is 0 Å². The lowest BCUT2D eigenvalue weighted by molar-refractivity contribution is -0.136. The zero-order valence-corrected chi connectivity index (χ0v) is 8.16. The second-order valence-electron chi connectivity index (χ2n) is 3.29. The van der Waals surface area contributed by atoms with Gasteiger partial charge in [0.25, 0.3) is 0 Å². The third kappa shape index (κ3) is 2.59. The Morgan fingerprint density at radius 2 is 2.29 bits per heavy atom. The standard InChI is InChI=1S/C8H15N3O3/c1-14-10-7(12)6-3-2-4-11(5-6)8(9)13/h6H,2-5H2,1H3,(H2,9,13)(H,10,12). The lowest BCUT2D eigenvalue weighted by Crippen LogP contribution is -2.47. The van der Waals surface area contributed by atoms with Gasteiger partial charge in [-0.05, 0) is 12.8 Å². The highest BCUT2D eigenvalue weighted by Gasteiger charge is 2.27. The summed E-state index contributed by atoms with van der Waals surface area (Å²) in [5.74, 6) is -0.408. The average molecular weight is 201 g/mol. The Morgan fingerprint density at radius 1 is 1.57 bits per heavy atom. The first-order valence-electron chi connectivity index (χ1n) is 4.52. The van der Waals surface area contributed by atoms with Gasteiger partial charge in [-0.25, -0.2) is 10.3 Å². The number of hydrogen-bond acceptors (Lipinski definition) is 3. The molecule has 0 aromatic rings. The van der Waals surface area contributed by atoms with Gasteiger partial charge < -0.3 is 10.6 Å². The number of nitrogens with two attached hydrogens (primary N) is 1. The summed E-state index contributed by atoms with van der Waals surface area (Å²) in [5, 5.41) is 0. The van der Waals surface area contributed by atoms with Crippen LogP contribution in [0.4, 0.5) is 4.79 Å². The summed E-state index contributed by atoms with van der Waals surface area (Å²) < 4.78 is 0. The molecule has 1 fully saturated rings. The number of nitrogens with zero attached hydrogens (tertiary/aromatic N) is 1. The highest BCUT2D eigenvalue weighted by molar-refractivity contribution is 5.79. The Hall–Kier alpha value is -1.30. The minimum Gasteiger partial charge on any atom is -0.351 e. The summed E-state index contributed by atoms with van der Waals surface area (Å²) >= 11 is 0. The van der Waals surface area contributed by atoms with Crippen LogP contribution in [0.25, 0.3) is 0 Å². The van der Waals surface area contributed by atoms with Crippen LogP contribution in [0.15, 0.2) is 0 Å². The van der Waals surface area contributed by atoms with Crippen molar-refractivity contribution >= 4 is 11.9 Å². The number of rotatable bonds is 2. The van der Waals surface area contributed by atoms with E-state index in [0.29, 0.717) is 13.1 Å². The molecule has 3 N–H and O–H groups in total. The summed E-state index contributed by atoms with van der Waals surface area (Å²) in [6, 6.07) is -0.472. The van der Waals surface area contributed by atoms with E-state index in [0.717, 1.165) is 12.8 Å². The smallest absolute Gasteiger partial charge is 0.314 e. The predicted molar refractivity (Wildman–Crippen MR) is 49.0 cm³/mol. The number of hydrogen-bond donors (Lipinski definition) is 2. The highest BCUT2D eigenvalue weighted by atomic mass is 16.6. The molecule has 6 heteroatoms. The molecule has 1 aliphatic heterocycles. The fourth-order valence-corrected chi connectivity index (χ4v) is 1.58. The third-order valence-corrected chi connectivity index (χ3v) is 2.31. The van der Waals surface area contributed by atoms with Gasteiger partial charge in [-0.3, -0.25) is 9.63 Å². The van der Waals surface area contributed by atoms with Crippen LogP contribution < -0.4 is 11.2 Å². The van der Waals surface area contributed by atoms with Crippen LogP contribution in [-0.2, 0) is 9.63 Å². The maximum atomic E-state index is 11.4. The van der Waals surface area contributed by atoms with Crippen LogP contribution in [0.5, 0.6) is 0 Å². The van der Waals surface area contributed by atoms with Crippen molar-refractivity contribution in [1.82, 2.24) is 10.4 Å². The lowest BCUT2D eigenvalue weighted by Gasteiger charge is -2.30. The lowest BCUT2D eigenvalue weighted by atomic mass is 9.98. The Balaban J connectivity index is 2.47. The molecule has 1 heterocycles. The molecule has 3 amide bonds. The van der Waals surface area contributed by atoms with Crippen molar-refractivity contribution in [1.29, 1.82) is 0 Å². The van der Waals surface area contributed by atoms with Crippen molar-refractivity contribution in [3.8, 4) is 0 Å². The largest absolute Gasteiger partial charge is 0.351 e. The normalized spacial score (nSPS) is 21.8. The molecule has 1 unspecified atom stereocenters. The molecular formula is C8H15N3O3. The van der Waals surface area contributed by atoms with Gasteiger partial charge in [0.05, 0.1) is 13.0 Å². The summed E-state index contributed by atoms with van der Waals surface area (Å²) in [6.07, 6.45) is 1.56. The van der Waals surface area contributed by atoms with E-state index in [9.17, 15) is 9.59 Å². The summed E-state index contributed by atoms with van der Waals surface area (Å²) in [6.45, 7) is 1.01. The molecule has 6 nitrogen and oxygen atoms in total. The van der Waals surface area contributed by atoms with Crippen molar-refractivity contribution in [3.05, 3.63) is 0 Å². The van der Waals surface area contributed by atoms with Gasteiger partial charge in [0.15, 0.2) is 0 Å². The minimum atomic E-state index is -0.472. The van der Waals surface area contributed by atoms with Gasteiger partial charge in [0.2, 0.25) is 5.91 Å². The van der Waals surface area contributed by atoms with E-state index in [1.165, 1.54) is 12.0 Å². The zero-order chi connectivity index (χ0) is 10.6. The SMILES string of the molecule is CONC(=O)C1CCCN(C(N)=O)C1. The first-order valence-corrected chi connectivity index (χ1v) is 4.52. The molecule has 80 valence electrons. The number of nitrogens with one attached hydrogen (secondary N) is 1. The molecule has 1 atom stereocenters. The van der Waals surface area contributed by atoms with Gasteiger partial charge in [0, 0.05) is 13.1 Å². The molecule has 0 bridgehead atoms. The average Bonchev–Trinajstić information content (AvgIpc) is 2.18. The zero-order valence-electron chi connectivity index (χ0n) is 8.16. The van der Waals surface area contributed by atoms with Gasteiger partial charge in [0.1, 0.15) is 0 Å². The molecule has 1 aliphatic rings. The first-order chi connectivity index (χ1) is 6.65. The van der Waals surface area contributed by atoms with Crippen LogP contribution in [0, 0.1) is 5.92 Å². The van der Waals surface area contributed by atoms with Gasteiger partial charge in [-0.2, -0.15) is 0 Å². The van der Waals surface area contributed by atoms with Crippen molar-refractivity contribution in [2.45, 2.75) is 12.8 Å². The quantitative estimate of drug-likeness (QED) is 0.588. The molecule has 0 aromatic carbocycles. The Bertz CT molecular complexity index is 232. The van der Waals surface area contributed by atoms with Crippen molar-refractivity contribution < 1.29 is 14.4 Å². The van der Waals surface area contributed by atoms with Crippen LogP contribution in [0.2, 0.25) is 0 Å². The molecule has 0 aliphatic carbocycles. The van der Waals surface area contributed by atoms with Crippen molar-refractivity contribution in [2.24, 2.45) is 11.7 Å². The van der Waals surface area contributed by atoms with Crippen LogP contribution in [0.3, 0.4) is 0 Å². The van der Waals surface area contributed by atoms with Crippen LogP contribution in [-0.4, -0.2) is 37.0 Å². The Labute approximate surface area is 82.3 Å². The predicted octanol–water partition coefficient (Wildman–Crippen LogP) is -0.545. The van der Waals surface area contributed by atoms with Crippen molar-refractivity contribution in [2.75, 3.05) is 20.2 Å². The number of carbonyl (C=O) groups excluding carboxylic acids is 2. The van der Waals surface area contributed by atoms with E-state index in [2.05, 4.69) is 10.3 Å². The Morgan fingerprint density at radius 3 is 2.86 bits per heavy atom. The minimum absolute atomic E-state index is 0.196. The molecule has 0 aromatic heterocycles. The molecule has 1 saturated heterocycles. The number of urea groups is 1. The highest BCUT2D eigenvalue weighted by Crippen LogP contribution is 2.16. The van der Waals surface area contributed by atoms with E-state index in [1.54, 1.807) is 0 Å². The molecule has 0 saturated carbocycles. The van der Waals surface area contributed by atoms with E-state index in [4.69, 9.17) is 5.73 Å². The van der Waals surface area contributed by atoms with E-state index < -0.39 is 6.03 Å². The number of piperidine rings is 1. The molecular weight excluding hydrogens is 186 g/mol. The van der Waals surface area contributed by atoms with Crippen molar-refractivity contribution in [3.63, 3.8) is 0 Å². The second kappa shape index (κ2) is 4.80. The summed E-state index contributed by atoms with van der Waals surface area (Å²) in [5.41, 5.74) is 7.38. The maximum Gasteiger partial charge on any atom is 0.314 e. The van der Waals surface area contributed by atoms with Gasteiger partial charge >= 0.3 is 6.03 Å². The second-order valence-corrected chi connectivity index (χ2v) is 3.29. The van der Waals surface area contributed by atoms with Gasteiger partial charge in [-0.15, -0.1) is 0 Å². The molecule has 0 radical (unpaired) electrons. The number of amides is 3. The molecule has 0 spiro atoms. The summed E-state index contributed by atoms with van der Waals surface area (Å²) in [4.78, 5) is 28.2. The molecule has 1 rings (SSSR count). The Kier molecular flexibility index (Phi) is 3.70. The van der Waals surface area contributed by atoms with E-state index in [1.807, 2.05) is 0 Å². The summed E-state index contributed by atoms with van der Waals surface area (Å²) in [7, 11) is 1.38. The fourth-order valence-electron chi connectivity index (χ4n) is 1.58. The maximum absolute atomic E-state index is 11.4. The van der Waals surface area contributed by atoms with Crippen LogP contribution >= 0.6 is 0 Å². The third-order valence-electron chi connectivity index (χ3n) is 2.31. The van der Waals surface area contributed by atoms with E-state index in [-0.39, 0.29) is 11.8 Å². The number of likely N-dealkylation sites (tertiary alicyclic amines) is 1. The van der Waals surface area contributed by atoms with Crippen LogP contribution in [0.1, 0.15) is 12.8 Å².